The molecule has 3 aliphatic rings. The molecule has 2 aromatic rings. The fourth-order valence-corrected chi connectivity index (χ4v) is 6.34. The van der Waals surface area contributed by atoms with Crippen molar-refractivity contribution in [3.8, 4) is 0 Å². The molecule has 0 bridgehead atoms. The molecule has 2 aliphatic heterocycles. The van der Waals surface area contributed by atoms with Crippen molar-refractivity contribution in [2.75, 3.05) is 39.4 Å². The fraction of sp³-hybridized carbons (Fsp3) is 0.542. The van der Waals surface area contributed by atoms with E-state index in [0.29, 0.717) is 31.5 Å². The maximum absolute atomic E-state index is 12.9. The van der Waals surface area contributed by atoms with Crippen LogP contribution in [-0.2, 0) is 21.5 Å². The molecule has 2 fully saturated rings. The molecule has 4 nitrogen and oxygen atoms in total. The van der Waals surface area contributed by atoms with Gasteiger partial charge < -0.3 is 9.64 Å². The molecule has 3 heterocycles. The number of piperidine rings is 1. The Hall–Kier alpha value is -1.69. The van der Waals surface area contributed by atoms with Crippen LogP contribution in [0.2, 0.25) is 0 Å². The van der Waals surface area contributed by atoms with Crippen molar-refractivity contribution >= 4 is 17.2 Å². The van der Waals surface area contributed by atoms with E-state index >= 15 is 0 Å². The van der Waals surface area contributed by atoms with Gasteiger partial charge in [0.15, 0.2) is 0 Å². The Bertz CT molecular complexity index is 836. The summed E-state index contributed by atoms with van der Waals surface area (Å²) in [7, 11) is 0. The van der Waals surface area contributed by atoms with E-state index in [2.05, 4.69) is 46.7 Å². The Labute approximate surface area is 177 Å². The molecule has 1 aromatic carbocycles. The maximum Gasteiger partial charge on any atom is 0.223 e. The summed E-state index contributed by atoms with van der Waals surface area (Å²) in [4.78, 5) is 19.0. The third kappa shape index (κ3) is 3.88. The largest absolute Gasteiger partial charge is 0.378 e. The zero-order chi connectivity index (χ0) is 19.7. The van der Waals surface area contributed by atoms with E-state index in [1.54, 1.807) is 0 Å². The standard InChI is InChI=1S/C24H30N2O2S/c27-23(26-11-13-28-14-12-26)16-19-17-24(22-6-2-1-5-21(19)22)7-9-25(10-8-24)18-20-4-3-15-29-20/h1-6,15,19H,7-14,16-18H2/t19-/m0/s1. The number of morpholine rings is 1. The second-order valence-electron chi connectivity index (χ2n) is 8.82. The molecule has 154 valence electrons. The van der Waals surface area contributed by atoms with Crippen LogP contribution in [0.4, 0.5) is 0 Å². The van der Waals surface area contributed by atoms with Gasteiger partial charge in [-0.05, 0) is 66.3 Å². The zero-order valence-corrected chi connectivity index (χ0v) is 17.8. The summed E-state index contributed by atoms with van der Waals surface area (Å²) in [6.45, 7) is 6.22. The predicted octanol–water partition coefficient (Wildman–Crippen LogP) is 4.02. The minimum atomic E-state index is 0.262. The van der Waals surface area contributed by atoms with E-state index in [0.717, 1.165) is 39.1 Å². The highest BCUT2D eigenvalue weighted by atomic mass is 32.1. The number of likely N-dealkylation sites (tertiary alicyclic amines) is 1. The molecule has 0 radical (unpaired) electrons. The summed E-state index contributed by atoms with van der Waals surface area (Å²) >= 11 is 1.86. The fourth-order valence-electron chi connectivity index (χ4n) is 5.60. The van der Waals surface area contributed by atoms with Gasteiger partial charge in [0.1, 0.15) is 0 Å². The summed E-state index contributed by atoms with van der Waals surface area (Å²) in [5.74, 6) is 0.672. The smallest absolute Gasteiger partial charge is 0.223 e. The minimum Gasteiger partial charge on any atom is -0.378 e. The Morgan fingerprint density at radius 2 is 1.86 bits per heavy atom. The lowest BCUT2D eigenvalue weighted by molar-refractivity contribution is -0.135. The third-order valence-electron chi connectivity index (χ3n) is 7.17. The van der Waals surface area contributed by atoms with Gasteiger partial charge in [-0.15, -0.1) is 11.3 Å². The van der Waals surface area contributed by atoms with Crippen molar-refractivity contribution in [3.63, 3.8) is 0 Å². The molecular weight excluding hydrogens is 380 g/mol. The van der Waals surface area contributed by atoms with Gasteiger partial charge in [-0.3, -0.25) is 9.69 Å². The average molecular weight is 411 g/mol. The molecule has 1 amide bonds. The average Bonchev–Trinajstić information content (AvgIpc) is 3.38. The Morgan fingerprint density at radius 1 is 1.07 bits per heavy atom. The number of hydrogen-bond donors (Lipinski definition) is 0. The monoisotopic (exact) mass is 410 g/mol. The predicted molar refractivity (Wildman–Crippen MR) is 116 cm³/mol. The maximum atomic E-state index is 12.9. The van der Waals surface area contributed by atoms with E-state index in [4.69, 9.17) is 4.74 Å². The first kappa shape index (κ1) is 19.3. The van der Waals surface area contributed by atoms with Crippen LogP contribution in [0.15, 0.2) is 41.8 Å². The lowest BCUT2D eigenvalue weighted by Gasteiger charge is -2.40. The normalized spacial score (nSPS) is 24.0. The number of fused-ring (bicyclic) bond motifs is 2. The van der Waals surface area contributed by atoms with Crippen LogP contribution in [0.3, 0.4) is 0 Å². The van der Waals surface area contributed by atoms with Gasteiger partial charge in [0.2, 0.25) is 5.91 Å². The van der Waals surface area contributed by atoms with Gasteiger partial charge in [0.05, 0.1) is 13.2 Å². The zero-order valence-electron chi connectivity index (χ0n) is 17.0. The first-order chi connectivity index (χ1) is 14.2. The van der Waals surface area contributed by atoms with Crippen molar-refractivity contribution in [1.82, 2.24) is 9.80 Å². The third-order valence-corrected chi connectivity index (χ3v) is 8.03. The van der Waals surface area contributed by atoms with Crippen molar-refractivity contribution in [2.24, 2.45) is 0 Å². The molecule has 1 aliphatic carbocycles. The number of amides is 1. The highest BCUT2D eigenvalue weighted by Crippen LogP contribution is 2.52. The lowest BCUT2D eigenvalue weighted by Crippen LogP contribution is -2.42. The molecule has 2 saturated heterocycles. The topological polar surface area (TPSA) is 32.8 Å². The minimum absolute atomic E-state index is 0.262. The van der Waals surface area contributed by atoms with E-state index in [9.17, 15) is 4.79 Å². The Morgan fingerprint density at radius 3 is 2.62 bits per heavy atom. The highest BCUT2D eigenvalue weighted by Gasteiger charge is 2.45. The van der Waals surface area contributed by atoms with Crippen LogP contribution in [0, 0.1) is 0 Å². The van der Waals surface area contributed by atoms with Crippen molar-refractivity contribution in [3.05, 3.63) is 57.8 Å². The highest BCUT2D eigenvalue weighted by molar-refractivity contribution is 7.09. The molecule has 1 atom stereocenters. The molecule has 0 N–H and O–H groups in total. The SMILES string of the molecule is O=C(C[C@H]1CC2(CCN(Cc3cccs3)CC2)c2ccccc21)N1CCOCC1. The van der Waals surface area contributed by atoms with Crippen LogP contribution in [0.1, 0.15) is 47.6 Å². The number of benzene rings is 1. The first-order valence-corrected chi connectivity index (χ1v) is 11.8. The van der Waals surface area contributed by atoms with Crippen molar-refractivity contribution in [1.29, 1.82) is 0 Å². The molecule has 29 heavy (non-hydrogen) atoms. The summed E-state index contributed by atoms with van der Waals surface area (Å²) in [5, 5.41) is 2.17. The van der Waals surface area contributed by atoms with Crippen LogP contribution < -0.4 is 0 Å². The first-order valence-electron chi connectivity index (χ1n) is 10.9. The van der Waals surface area contributed by atoms with Crippen LogP contribution in [0.25, 0.3) is 0 Å². The number of thiophene rings is 1. The van der Waals surface area contributed by atoms with Gasteiger partial charge in [0.25, 0.3) is 0 Å². The van der Waals surface area contributed by atoms with E-state index < -0.39 is 0 Å². The number of nitrogens with zero attached hydrogens (tertiary/aromatic N) is 2. The van der Waals surface area contributed by atoms with Gasteiger partial charge >= 0.3 is 0 Å². The van der Waals surface area contributed by atoms with Gasteiger partial charge in [0, 0.05) is 30.9 Å². The number of carbonyl (C=O) groups excluding carboxylic acids is 1. The molecule has 5 rings (SSSR count). The second-order valence-corrected chi connectivity index (χ2v) is 9.85. The molecule has 1 aromatic heterocycles. The van der Waals surface area contributed by atoms with E-state index in [-0.39, 0.29) is 5.41 Å². The Kier molecular flexibility index (Phi) is 5.46. The second kappa shape index (κ2) is 8.21. The number of hydrogen-bond acceptors (Lipinski definition) is 4. The van der Waals surface area contributed by atoms with Crippen LogP contribution in [0.5, 0.6) is 0 Å². The summed E-state index contributed by atoms with van der Waals surface area (Å²) in [6.07, 6.45) is 4.20. The molecule has 0 unspecified atom stereocenters. The molecule has 5 heteroatoms. The van der Waals surface area contributed by atoms with Gasteiger partial charge in [-0.2, -0.15) is 0 Å². The summed E-state index contributed by atoms with van der Waals surface area (Å²) in [6, 6.07) is 13.3. The quantitative estimate of drug-likeness (QED) is 0.763. The Balaban J connectivity index is 1.28. The summed E-state index contributed by atoms with van der Waals surface area (Å²) < 4.78 is 5.42. The van der Waals surface area contributed by atoms with Crippen LogP contribution >= 0.6 is 11.3 Å². The van der Waals surface area contributed by atoms with E-state index in [1.165, 1.54) is 28.8 Å². The summed E-state index contributed by atoms with van der Waals surface area (Å²) in [5.41, 5.74) is 3.22. The van der Waals surface area contributed by atoms with Crippen molar-refractivity contribution < 1.29 is 9.53 Å². The number of carbonyl (C=O) groups is 1. The van der Waals surface area contributed by atoms with Crippen molar-refractivity contribution in [2.45, 2.75) is 43.6 Å². The number of ether oxygens (including phenoxy) is 1. The van der Waals surface area contributed by atoms with Crippen LogP contribution in [-0.4, -0.2) is 55.1 Å². The van der Waals surface area contributed by atoms with E-state index in [1.807, 2.05) is 16.2 Å². The molecule has 1 spiro atoms. The molecular formula is C24H30N2O2S. The van der Waals surface area contributed by atoms with Gasteiger partial charge in [-0.25, -0.2) is 0 Å². The molecule has 0 saturated carbocycles. The van der Waals surface area contributed by atoms with Gasteiger partial charge in [-0.1, -0.05) is 30.3 Å². The lowest BCUT2D eigenvalue weighted by atomic mass is 9.73. The number of rotatable bonds is 4.